The van der Waals surface area contributed by atoms with Gasteiger partial charge in [0, 0.05) is 28.5 Å². The normalized spacial score (nSPS) is 14.1. The minimum Gasteiger partial charge on any atom is -0.494 e. The Bertz CT molecular complexity index is 1800. The van der Waals surface area contributed by atoms with Gasteiger partial charge in [-0.1, -0.05) is 95.3 Å². The van der Waals surface area contributed by atoms with Gasteiger partial charge in [0.15, 0.2) is 0 Å². The van der Waals surface area contributed by atoms with Crippen LogP contribution in [0.2, 0.25) is 5.02 Å². The van der Waals surface area contributed by atoms with E-state index >= 15 is 0 Å². The fourth-order valence-corrected chi connectivity index (χ4v) is 7.92. The lowest BCUT2D eigenvalue weighted by Gasteiger charge is -2.35. The summed E-state index contributed by atoms with van der Waals surface area (Å²) in [6.45, 7) is 1.75. The Morgan fingerprint density at radius 1 is 0.898 bits per heavy atom. The molecule has 1 saturated carbocycles. The Hall–Kier alpha value is -3.86. The van der Waals surface area contributed by atoms with Gasteiger partial charge in [-0.25, -0.2) is 8.42 Å². The molecule has 0 unspecified atom stereocenters. The van der Waals surface area contributed by atoms with E-state index in [0.29, 0.717) is 27.4 Å². The van der Waals surface area contributed by atoms with Gasteiger partial charge in [0.05, 0.1) is 17.2 Å². The number of rotatable bonds is 14. The highest BCUT2D eigenvalue weighted by atomic mass is 79.9. The van der Waals surface area contributed by atoms with Crippen LogP contribution in [0.5, 0.6) is 5.75 Å². The maximum atomic E-state index is 14.7. The first-order valence-electron chi connectivity index (χ1n) is 16.5. The number of nitrogens with one attached hydrogen (secondary N) is 1. The number of carbonyl (C=O) groups is 2. The number of hydrogen-bond donors (Lipinski definition) is 1. The Morgan fingerprint density at radius 2 is 1.55 bits per heavy atom. The van der Waals surface area contributed by atoms with Gasteiger partial charge in [-0.15, -0.1) is 0 Å². The third kappa shape index (κ3) is 9.65. The molecule has 4 aromatic carbocycles. The summed E-state index contributed by atoms with van der Waals surface area (Å²) in [5, 5.41) is 3.67. The van der Waals surface area contributed by atoms with Crippen molar-refractivity contribution in [2.24, 2.45) is 0 Å². The van der Waals surface area contributed by atoms with Gasteiger partial charge in [0.25, 0.3) is 10.0 Å². The van der Waals surface area contributed by atoms with E-state index in [1.807, 2.05) is 49.4 Å². The maximum Gasteiger partial charge on any atom is 0.264 e. The van der Waals surface area contributed by atoms with Crippen LogP contribution in [0.1, 0.15) is 50.2 Å². The molecule has 0 bridgehead atoms. The average molecular weight is 767 g/mol. The van der Waals surface area contributed by atoms with Crippen LogP contribution in [0, 0.1) is 0 Å². The molecule has 0 saturated heterocycles. The van der Waals surface area contributed by atoms with Gasteiger partial charge in [0.2, 0.25) is 11.8 Å². The lowest BCUT2D eigenvalue weighted by Crippen LogP contribution is -2.55. The molecule has 0 aliphatic heterocycles. The molecule has 0 heterocycles. The van der Waals surface area contributed by atoms with E-state index in [4.69, 9.17) is 16.3 Å². The molecule has 8 nitrogen and oxygen atoms in total. The van der Waals surface area contributed by atoms with Crippen molar-refractivity contribution >= 4 is 55.1 Å². The minimum absolute atomic E-state index is 0.00351. The highest BCUT2D eigenvalue weighted by Crippen LogP contribution is 2.29. The molecule has 0 spiro atoms. The number of sulfonamides is 1. The topological polar surface area (TPSA) is 96.0 Å². The molecular weight excluding hydrogens is 726 g/mol. The van der Waals surface area contributed by atoms with Crippen LogP contribution in [0.15, 0.2) is 112 Å². The molecule has 1 N–H and O–H groups in total. The van der Waals surface area contributed by atoms with Crippen LogP contribution in [-0.4, -0.2) is 50.4 Å². The lowest BCUT2D eigenvalue weighted by atomic mass is 9.94. The number of ether oxygens (including phenoxy) is 1. The van der Waals surface area contributed by atoms with Crippen LogP contribution in [0.3, 0.4) is 0 Å². The molecule has 1 atom stereocenters. The first kappa shape index (κ1) is 36.4. The fourth-order valence-electron chi connectivity index (χ4n) is 6.05. The zero-order chi connectivity index (χ0) is 34.8. The molecule has 258 valence electrons. The molecule has 1 aliphatic carbocycles. The average Bonchev–Trinajstić information content (AvgIpc) is 3.11. The molecule has 1 aliphatic rings. The van der Waals surface area contributed by atoms with E-state index in [1.165, 1.54) is 17.0 Å². The number of benzene rings is 4. The van der Waals surface area contributed by atoms with Crippen molar-refractivity contribution in [1.29, 1.82) is 0 Å². The van der Waals surface area contributed by atoms with Crippen molar-refractivity contribution in [2.75, 3.05) is 17.5 Å². The van der Waals surface area contributed by atoms with Gasteiger partial charge in [-0.2, -0.15) is 0 Å². The van der Waals surface area contributed by atoms with E-state index in [2.05, 4.69) is 21.2 Å². The first-order valence-corrected chi connectivity index (χ1v) is 19.1. The zero-order valence-corrected chi connectivity index (χ0v) is 30.6. The third-order valence-electron chi connectivity index (χ3n) is 8.64. The summed E-state index contributed by atoms with van der Waals surface area (Å²) in [7, 11) is -4.24. The van der Waals surface area contributed by atoms with Crippen LogP contribution in [-0.2, 0) is 32.6 Å². The van der Waals surface area contributed by atoms with E-state index in [1.54, 1.807) is 48.5 Å². The summed E-state index contributed by atoms with van der Waals surface area (Å²) in [5.41, 5.74) is 1.79. The Labute approximate surface area is 302 Å². The number of halogens is 2. The zero-order valence-electron chi connectivity index (χ0n) is 27.4. The monoisotopic (exact) mass is 765 g/mol. The maximum absolute atomic E-state index is 14.7. The fraction of sp³-hybridized carbons (Fsp3) is 0.316. The van der Waals surface area contributed by atoms with Crippen molar-refractivity contribution < 1.29 is 22.7 Å². The molecule has 11 heteroatoms. The SMILES string of the molecule is CCOc1ccc(N(CC(=O)N(Cc2ccccc2Cl)[C@H](Cc2ccccc2)C(=O)NC2CCCCC2)S(=O)(=O)c2ccc(Br)cc2)cc1. The summed E-state index contributed by atoms with van der Waals surface area (Å²) in [5.74, 6) is -0.255. The smallest absolute Gasteiger partial charge is 0.264 e. The van der Waals surface area contributed by atoms with Gasteiger partial charge < -0.3 is 15.0 Å². The molecule has 5 rings (SSSR count). The van der Waals surface area contributed by atoms with Crippen molar-refractivity contribution in [1.82, 2.24) is 10.2 Å². The third-order valence-corrected chi connectivity index (χ3v) is 11.3. The van der Waals surface area contributed by atoms with E-state index < -0.39 is 28.5 Å². The first-order chi connectivity index (χ1) is 23.7. The van der Waals surface area contributed by atoms with E-state index in [0.717, 1.165) is 42.0 Å². The molecule has 0 aromatic heterocycles. The van der Waals surface area contributed by atoms with E-state index in [9.17, 15) is 18.0 Å². The van der Waals surface area contributed by atoms with Gasteiger partial charge in [-0.05, 0) is 85.5 Å². The molecule has 49 heavy (non-hydrogen) atoms. The summed E-state index contributed by atoms with van der Waals surface area (Å²) in [6, 6.07) is 28.6. The summed E-state index contributed by atoms with van der Waals surface area (Å²) < 4.78 is 36.0. The van der Waals surface area contributed by atoms with Gasteiger partial charge in [-0.3, -0.25) is 13.9 Å². The largest absolute Gasteiger partial charge is 0.494 e. The van der Waals surface area contributed by atoms with Crippen LogP contribution in [0.25, 0.3) is 0 Å². The quantitative estimate of drug-likeness (QED) is 0.142. The second-order valence-electron chi connectivity index (χ2n) is 12.1. The predicted octanol–water partition coefficient (Wildman–Crippen LogP) is 7.79. The summed E-state index contributed by atoms with van der Waals surface area (Å²) in [6.07, 6.45) is 5.17. The van der Waals surface area contributed by atoms with Crippen molar-refractivity contribution in [3.05, 3.63) is 124 Å². The molecular formula is C38H41BrClN3O5S. The number of carbonyl (C=O) groups excluding carboxylic acids is 2. The van der Waals surface area contributed by atoms with Crippen LogP contribution < -0.4 is 14.4 Å². The van der Waals surface area contributed by atoms with Crippen LogP contribution in [0.4, 0.5) is 5.69 Å². The number of amides is 2. The molecule has 0 radical (unpaired) electrons. The summed E-state index contributed by atoms with van der Waals surface area (Å²) in [4.78, 5) is 30.5. The van der Waals surface area contributed by atoms with E-state index in [-0.39, 0.29) is 35.5 Å². The van der Waals surface area contributed by atoms with Crippen molar-refractivity contribution in [3.8, 4) is 5.75 Å². The second kappa shape index (κ2) is 17.2. The number of anilines is 1. The standard InChI is InChI=1S/C38H41BrClN3O5S/c1-2-48-33-21-19-32(20-22-33)43(49(46,47)34-23-17-30(39)18-24-34)27-37(44)42(26-29-13-9-10-16-35(29)40)36(25-28-11-5-3-6-12-28)38(45)41-31-14-7-4-8-15-31/h3,5-6,9-13,16-24,31,36H,2,4,7-8,14-15,25-27H2,1H3,(H,41,45)/t36-/m1/s1. The molecule has 4 aromatic rings. The second-order valence-corrected chi connectivity index (χ2v) is 15.2. The highest BCUT2D eigenvalue weighted by Gasteiger charge is 2.35. The Kier molecular flexibility index (Phi) is 12.8. The molecule has 1 fully saturated rings. The summed E-state index contributed by atoms with van der Waals surface area (Å²) >= 11 is 9.99. The molecule has 2 amide bonds. The minimum atomic E-state index is -4.24. The lowest BCUT2D eigenvalue weighted by molar-refractivity contribution is -0.140. The predicted molar refractivity (Wildman–Crippen MR) is 197 cm³/mol. The van der Waals surface area contributed by atoms with Crippen molar-refractivity contribution in [2.45, 2.75) is 69.0 Å². The highest BCUT2D eigenvalue weighted by molar-refractivity contribution is 9.10. The van der Waals surface area contributed by atoms with Crippen LogP contribution >= 0.6 is 27.5 Å². The number of hydrogen-bond acceptors (Lipinski definition) is 5. The Balaban J connectivity index is 1.57. The number of nitrogens with zero attached hydrogens (tertiary/aromatic N) is 2. The van der Waals surface area contributed by atoms with Gasteiger partial charge >= 0.3 is 0 Å². The van der Waals surface area contributed by atoms with Gasteiger partial charge in [0.1, 0.15) is 18.3 Å². The van der Waals surface area contributed by atoms with Crippen molar-refractivity contribution in [3.63, 3.8) is 0 Å². The Morgan fingerprint density at radius 3 is 2.20 bits per heavy atom.